The van der Waals surface area contributed by atoms with E-state index >= 15 is 0 Å². The zero-order chi connectivity index (χ0) is 13.0. The zero-order valence-electron chi connectivity index (χ0n) is 10.3. The van der Waals surface area contributed by atoms with Gasteiger partial charge in [-0.3, -0.25) is 0 Å². The summed E-state index contributed by atoms with van der Waals surface area (Å²) in [6.45, 7) is 4.39. The van der Waals surface area contributed by atoms with Crippen LogP contribution in [0.4, 0.5) is 4.39 Å². The lowest BCUT2D eigenvalue weighted by molar-refractivity contribution is -0.102. The summed E-state index contributed by atoms with van der Waals surface area (Å²) in [5.74, 6) is -0.297. The van der Waals surface area contributed by atoms with Crippen LogP contribution in [0.25, 0.3) is 0 Å². The predicted octanol–water partition coefficient (Wildman–Crippen LogP) is 2.55. The first-order valence-electron chi connectivity index (χ1n) is 6.10. The Kier molecular flexibility index (Phi) is 4.95. The van der Waals surface area contributed by atoms with Gasteiger partial charge in [0.25, 0.3) is 0 Å². The van der Waals surface area contributed by atoms with Gasteiger partial charge < -0.3 is 14.8 Å². The van der Waals surface area contributed by atoms with Crippen molar-refractivity contribution in [1.82, 2.24) is 5.32 Å². The number of ether oxygens (including phenoxy) is 2. The molecule has 0 radical (unpaired) electrons. The van der Waals surface area contributed by atoms with E-state index in [1.807, 2.05) is 6.92 Å². The third kappa shape index (κ3) is 3.20. The van der Waals surface area contributed by atoms with Crippen LogP contribution in [0.15, 0.2) is 18.2 Å². The highest BCUT2D eigenvalue weighted by atomic mass is 35.5. The highest BCUT2D eigenvalue weighted by molar-refractivity contribution is 6.31. The Morgan fingerprint density at radius 1 is 1.50 bits per heavy atom. The predicted molar refractivity (Wildman–Crippen MR) is 68.4 cm³/mol. The molecule has 18 heavy (non-hydrogen) atoms. The molecule has 1 aliphatic heterocycles. The Balaban J connectivity index is 2.24. The van der Waals surface area contributed by atoms with Crippen molar-refractivity contribution in [2.75, 3.05) is 26.4 Å². The van der Waals surface area contributed by atoms with Crippen molar-refractivity contribution >= 4 is 11.6 Å². The number of nitrogens with one attached hydrogen (secondary N) is 1. The van der Waals surface area contributed by atoms with Crippen molar-refractivity contribution in [3.63, 3.8) is 0 Å². The molecule has 1 N–H and O–H groups in total. The fraction of sp³-hybridized carbons (Fsp3) is 0.538. The second-order valence-corrected chi connectivity index (χ2v) is 4.59. The summed E-state index contributed by atoms with van der Waals surface area (Å²) >= 11 is 6.14. The van der Waals surface area contributed by atoms with Gasteiger partial charge in [-0.15, -0.1) is 0 Å². The lowest BCUT2D eigenvalue weighted by Crippen LogP contribution is -2.40. The molecule has 0 aliphatic carbocycles. The average Bonchev–Trinajstić information content (AvgIpc) is 2.40. The smallest absolute Gasteiger partial charge is 0.123 e. The van der Waals surface area contributed by atoms with Crippen molar-refractivity contribution in [3.05, 3.63) is 34.6 Å². The van der Waals surface area contributed by atoms with Crippen molar-refractivity contribution in [1.29, 1.82) is 0 Å². The molecule has 2 unspecified atom stereocenters. The van der Waals surface area contributed by atoms with E-state index in [0.717, 1.165) is 6.54 Å². The van der Waals surface area contributed by atoms with E-state index in [2.05, 4.69) is 5.32 Å². The molecule has 3 nitrogen and oxygen atoms in total. The molecule has 1 fully saturated rings. The number of likely N-dealkylation sites (N-methyl/N-ethyl adjacent to an activating group) is 1. The maximum Gasteiger partial charge on any atom is 0.123 e. The number of rotatable bonds is 4. The van der Waals surface area contributed by atoms with Crippen molar-refractivity contribution in [2.45, 2.75) is 19.1 Å². The van der Waals surface area contributed by atoms with E-state index in [1.165, 1.54) is 12.1 Å². The van der Waals surface area contributed by atoms with Gasteiger partial charge in [-0.25, -0.2) is 4.39 Å². The third-order valence-corrected chi connectivity index (χ3v) is 3.27. The van der Waals surface area contributed by atoms with Crippen molar-refractivity contribution in [2.24, 2.45) is 0 Å². The third-order valence-electron chi connectivity index (χ3n) is 2.93. The topological polar surface area (TPSA) is 30.5 Å². The fourth-order valence-corrected chi connectivity index (χ4v) is 2.35. The van der Waals surface area contributed by atoms with E-state index in [-0.39, 0.29) is 18.0 Å². The minimum Gasteiger partial charge on any atom is -0.376 e. The molecule has 1 aliphatic rings. The highest BCUT2D eigenvalue weighted by Gasteiger charge is 2.27. The fourth-order valence-electron chi connectivity index (χ4n) is 2.11. The van der Waals surface area contributed by atoms with Crippen LogP contribution >= 0.6 is 11.6 Å². The minimum atomic E-state index is -0.297. The first kappa shape index (κ1) is 13.7. The Hall–Kier alpha value is -0.680. The summed E-state index contributed by atoms with van der Waals surface area (Å²) < 4.78 is 24.4. The molecule has 100 valence electrons. The molecule has 0 bridgehead atoms. The average molecular weight is 274 g/mol. The lowest BCUT2D eigenvalue weighted by Gasteiger charge is -2.31. The molecule has 0 spiro atoms. The molecule has 1 aromatic rings. The quantitative estimate of drug-likeness (QED) is 0.915. The monoisotopic (exact) mass is 273 g/mol. The summed E-state index contributed by atoms with van der Waals surface area (Å²) in [4.78, 5) is 0. The van der Waals surface area contributed by atoms with E-state index in [9.17, 15) is 4.39 Å². The van der Waals surface area contributed by atoms with Gasteiger partial charge in [-0.05, 0) is 30.3 Å². The van der Waals surface area contributed by atoms with Crippen LogP contribution in [-0.2, 0) is 9.47 Å². The highest BCUT2D eigenvalue weighted by Crippen LogP contribution is 2.28. The molecule has 1 heterocycles. The summed E-state index contributed by atoms with van der Waals surface area (Å²) in [7, 11) is 0. The van der Waals surface area contributed by atoms with Crippen LogP contribution in [0.2, 0.25) is 5.02 Å². The van der Waals surface area contributed by atoms with Gasteiger partial charge in [0, 0.05) is 5.02 Å². The van der Waals surface area contributed by atoms with Crippen LogP contribution in [0.5, 0.6) is 0 Å². The van der Waals surface area contributed by atoms with Crippen LogP contribution in [-0.4, -0.2) is 32.5 Å². The van der Waals surface area contributed by atoms with Gasteiger partial charge in [0.2, 0.25) is 0 Å². The molecule has 0 saturated carbocycles. The normalized spacial score (nSPS) is 21.8. The molecule has 0 aromatic heterocycles. The van der Waals surface area contributed by atoms with Gasteiger partial charge in [-0.2, -0.15) is 0 Å². The molecular weight excluding hydrogens is 257 g/mol. The number of benzene rings is 1. The van der Waals surface area contributed by atoms with Crippen LogP contribution < -0.4 is 5.32 Å². The second kappa shape index (κ2) is 6.48. The summed E-state index contributed by atoms with van der Waals surface area (Å²) in [5.41, 5.74) is 0.717. The molecule has 1 saturated heterocycles. The van der Waals surface area contributed by atoms with Gasteiger partial charge >= 0.3 is 0 Å². The molecule has 2 rings (SSSR count). The van der Waals surface area contributed by atoms with E-state index < -0.39 is 0 Å². The van der Waals surface area contributed by atoms with E-state index in [0.29, 0.717) is 30.4 Å². The van der Waals surface area contributed by atoms with Crippen LogP contribution in [0, 0.1) is 5.82 Å². The van der Waals surface area contributed by atoms with Crippen molar-refractivity contribution in [3.8, 4) is 0 Å². The summed E-state index contributed by atoms with van der Waals surface area (Å²) in [6.07, 6.45) is -0.141. The van der Waals surface area contributed by atoms with Gasteiger partial charge in [0.1, 0.15) is 11.9 Å². The van der Waals surface area contributed by atoms with Gasteiger partial charge in [0.15, 0.2) is 0 Å². The second-order valence-electron chi connectivity index (χ2n) is 4.19. The van der Waals surface area contributed by atoms with Gasteiger partial charge in [-0.1, -0.05) is 18.5 Å². The van der Waals surface area contributed by atoms with Crippen molar-refractivity contribution < 1.29 is 13.9 Å². The summed E-state index contributed by atoms with van der Waals surface area (Å²) in [6, 6.07) is 4.22. The number of hydrogen-bond donors (Lipinski definition) is 1. The minimum absolute atomic E-state index is 0.141. The molecule has 0 amide bonds. The first-order chi connectivity index (χ1) is 8.72. The Bertz CT molecular complexity index is 397. The molecule has 1 aromatic carbocycles. The van der Waals surface area contributed by atoms with Gasteiger partial charge in [0.05, 0.1) is 25.9 Å². The first-order valence-corrected chi connectivity index (χ1v) is 6.48. The Morgan fingerprint density at radius 3 is 3.00 bits per heavy atom. The number of hydrogen-bond acceptors (Lipinski definition) is 3. The molecule has 2 atom stereocenters. The number of halogens is 2. The lowest BCUT2D eigenvalue weighted by atomic mass is 10.0. The standard InChI is InChI=1S/C13H17ClFNO2/c1-2-16-13(12-8-17-5-6-18-12)10-7-9(15)3-4-11(10)14/h3-4,7,12-13,16H,2,5-6,8H2,1H3. The Labute approximate surface area is 111 Å². The Morgan fingerprint density at radius 2 is 2.33 bits per heavy atom. The maximum atomic E-state index is 13.4. The largest absolute Gasteiger partial charge is 0.376 e. The zero-order valence-corrected chi connectivity index (χ0v) is 11.0. The van der Waals surface area contributed by atoms with E-state index in [4.69, 9.17) is 21.1 Å². The van der Waals surface area contributed by atoms with E-state index in [1.54, 1.807) is 6.07 Å². The maximum absolute atomic E-state index is 13.4. The summed E-state index contributed by atoms with van der Waals surface area (Å²) in [5, 5.41) is 3.82. The van der Waals surface area contributed by atoms with Crippen LogP contribution in [0.3, 0.4) is 0 Å². The molecular formula is C13H17ClFNO2. The molecule has 5 heteroatoms. The SMILES string of the molecule is CCNC(c1cc(F)ccc1Cl)C1COCCO1. The van der Waals surface area contributed by atoms with Crippen LogP contribution in [0.1, 0.15) is 18.5 Å².